The number of carbonyl (C=O) groups excluding carboxylic acids is 3. The standard InChI is InChI=1S/C30H40N2O10/c1-30(2,3)29(35)42-17-20-16-31(27(33)18-12-21(36-4)25(40-8)22(13-18)37-5)10-11-32(20)28(34)19-14-23(38-6)26(41-9)24(15-19)39-7/h12-15,20H,10-11,16-17H2,1-9H3. The number of rotatable bonds is 10. The molecule has 0 bridgehead atoms. The fourth-order valence-corrected chi connectivity index (χ4v) is 4.60. The minimum Gasteiger partial charge on any atom is -0.493 e. The molecule has 1 saturated heterocycles. The number of benzene rings is 2. The molecule has 0 saturated carbocycles. The summed E-state index contributed by atoms with van der Waals surface area (Å²) in [4.78, 5) is 43.4. The van der Waals surface area contributed by atoms with E-state index in [9.17, 15) is 14.4 Å². The summed E-state index contributed by atoms with van der Waals surface area (Å²) in [5.41, 5.74) is -0.133. The van der Waals surface area contributed by atoms with Crippen molar-refractivity contribution in [2.45, 2.75) is 26.8 Å². The van der Waals surface area contributed by atoms with E-state index in [0.29, 0.717) is 45.6 Å². The van der Waals surface area contributed by atoms with Gasteiger partial charge in [-0.05, 0) is 45.0 Å². The fourth-order valence-electron chi connectivity index (χ4n) is 4.60. The second-order valence-electron chi connectivity index (χ2n) is 10.6. The van der Waals surface area contributed by atoms with Crippen LogP contribution in [0.4, 0.5) is 0 Å². The van der Waals surface area contributed by atoms with Crippen LogP contribution in [0, 0.1) is 5.41 Å². The Hall–Kier alpha value is -4.35. The summed E-state index contributed by atoms with van der Waals surface area (Å²) < 4.78 is 38.1. The van der Waals surface area contributed by atoms with Gasteiger partial charge >= 0.3 is 5.97 Å². The summed E-state index contributed by atoms with van der Waals surface area (Å²) in [5.74, 6) is 0.985. The van der Waals surface area contributed by atoms with E-state index in [1.54, 1.807) is 54.8 Å². The third-order valence-corrected chi connectivity index (χ3v) is 6.87. The predicted molar refractivity (Wildman–Crippen MR) is 153 cm³/mol. The molecule has 3 rings (SSSR count). The van der Waals surface area contributed by atoms with Gasteiger partial charge < -0.3 is 43.0 Å². The predicted octanol–water partition coefficient (Wildman–Crippen LogP) is 3.29. The Bertz CT molecular complexity index is 1250. The molecule has 1 atom stereocenters. The van der Waals surface area contributed by atoms with Gasteiger partial charge in [0.25, 0.3) is 11.8 Å². The topological polar surface area (TPSA) is 122 Å². The lowest BCUT2D eigenvalue weighted by molar-refractivity contribution is -0.155. The van der Waals surface area contributed by atoms with Gasteiger partial charge in [-0.2, -0.15) is 0 Å². The average Bonchev–Trinajstić information content (AvgIpc) is 3.00. The van der Waals surface area contributed by atoms with E-state index in [1.807, 2.05) is 0 Å². The van der Waals surface area contributed by atoms with Gasteiger partial charge in [-0.25, -0.2) is 0 Å². The van der Waals surface area contributed by atoms with Gasteiger partial charge in [0.1, 0.15) is 6.61 Å². The van der Waals surface area contributed by atoms with Crippen molar-refractivity contribution >= 4 is 17.8 Å². The Morgan fingerprint density at radius 2 is 1.12 bits per heavy atom. The highest BCUT2D eigenvalue weighted by Crippen LogP contribution is 2.40. The zero-order chi connectivity index (χ0) is 31.2. The normalized spacial score (nSPS) is 15.0. The van der Waals surface area contributed by atoms with Gasteiger partial charge in [-0.15, -0.1) is 0 Å². The molecule has 12 nitrogen and oxygen atoms in total. The lowest BCUT2D eigenvalue weighted by Gasteiger charge is -2.41. The summed E-state index contributed by atoms with van der Waals surface area (Å²) in [6.07, 6.45) is 0. The maximum absolute atomic E-state index is 13.9. The minimum absolute atomic E-state index is 0.106. The van der Waals surface area contributed by atoms with E-state index >= 15 is 0 Å². The van der Waals surface area contributed by atoms with Gasteiger partial charge in [0.05, 0.1) is 54.1 Å². The smallest absolute Gasteiger partial charge is 0.311 e. The van der Waals surface area contributed by atoms with Crippen LogP contribution in [0.15, 0.2) is 24.3 Å². The highest BCUT2D eigenvalue weighted by Gasteiger charge is 2.36. The van der Waals surface area contributed by atoms with Crippen molar-refractivity contribution in [3.8, 4) is 34.5 Å². The van der Waals surface area contributed by atoms with Gasteiger partial charge in [0.2, 0.25) is 11.5 Å². The first-order chi connectivity index (χ1) is 19.9. The maximum atomic E-state index is 13.9. The minimum atomic E-state index is -0.744. The van der Waals surface area contributed by atoms with Crippen LogP contribution in [0.5, 0.6) is 34.5 Å². The number of hydrogen-bond acceptors (Lipinski definition) is 10. The first-order valence-corrected chi connectivity index (χ1v) is 13.3. The van der Waals surface area contributed by atoms with E-state index in [2.05, 4.69) is 0 Å². The molecule has 0 spiro atoms. The van der Waals surface area contributed by atoms with Crippen LogP contribution in [-0.4, -0.2) is 103 Å². The molecule has 2 aromatic carbocycles. The van der Waals surface area contributed by atoms with Gasteiger partial charge in [0.15, 0.2) is 23.0 Å². The number of carbonyl (C=O) groups is 3. The third-order valence-electron chi connectivity index (χ3n) is 6.87. The van der Waals surface area contributed by atoms with Gasteiger partial charge in [-0.3, -0.25) is 14.4 Å². The quantitative estimate of drug-likeness (QED) is 0.382. The van der Waals surface area contributed by atoms with E-state index in [0.717, 1.165) is 0 Å². The van der Waals surface area contributed by atoms with Crippen molar-refractivity contribution in [1.29, 1.82) is 0 Å². The second kappa shape index (κ2) is 13.5. The van der Waals surface area contributed by atoms with Gasteiger partial charge in [0, 0.05) is 30.8 Å². The van der Waals surface area contributed by atoms with Crippen molar-refractivity contribution in [1.82, 2.24) is 9.80 Å². The molecule has 0 aromatic heterocycles. The van der Waals surface area contributed by atoms with Crippen LogP contribution in [-0.2, 0) is 9.53 Å². The molecule has 1 aliphatic rings. The molecular weight excluding hydrogens is 548 g/mol. The zero-order valence-corrected chi connectivity index (χ0v) is 25.7. The lowest BCUT2D eigenvalue weighted by atomic mass is 9.97. The van der Waals surface area contributed by atoms with E-state index < -0.39 is 17.4 Å². The summed E-state index contributed by atoms with van der Waals surface area (Å²) in [7, 11) is 8.83. The van der Waals surface area contributed by atoms with Crippen LogP contribution in [0.25, 0.3) is 0 Å². The fraction of sp³-hybridized carbons (Fsp3) is 0.500. The SMILES string of the molecule is COc1cc(C(=O)N2CCN(C(=O)c3cc(OC)c(OC)c(OC)c3)C(COC(=O)C(C)(C)C)C2)cc(OC)c1OC. The summed E-state index contributed by atoms with van der Waals surface area (Å²) in [6, 6.07) is 5.64. The Morgan fingerprint density at radius 3 is 1.50 bits per heavy atom. The van der Waals surface area contributed by atoms with Crippen molar-refractivity contribution < 1.29 is 47.5 Å². The molecule has 0 N–H and O–H groups in total. The number of esters is 1. The third kappa shape index (κ3) is 6.75. The average molecular weight is 589 g/mol. The molecular formula is C30H40N2O10. The lowest BCUT2D eigenvalue weighted by Crippen LogP contribution is -2.58. The summed E-state index contributed by atoms with van der Waals surface area (Å²) in [5, 5.41) is 0. The molecule has 12 heteroatoms. The largest absolute Gasteiger partial charge is 0.493 e. The number of hydrogen-bond donors (Lipinski definition) is 0. The second-order valence-corrected chi connectivity index (χ2v) is 10.6. The summed E-state index contributed by atoms with van der Waals surface area (Å²) >= 11 is 0. The number of methoxy groups -OCH3 is 6. The molecule has 0 radical (unpaired) electrons. The van der Waals surface area contributed by atoms with Gasteiger partial charge in [-0.1, -0.05) is 0 Å². The van der Waals surface area contributed by atoms with Crippen molar-refractivity contribution in [3.05, 3.63) is 35.4 Å². The van der Waals surface area contributed by atoms with E-state index in [-0.39, 0.29) is 38.1 Å². The Morgan fingerprint density at radius 1 is 0.690 bits per heavy atom. The first-order valence-electron chi connectivity index (χ1n) is 13.3. The number of ether oxygens (including phenoxy) is 7. The van der Waals surface area contributed by atoms with Crippen LogP contribution in [0.1, 0.15) is 41.5 Å². The van der Waals surface area contributed by atoms with Crippen molar-refractivity contribution in [2.24, 2.45) is 5.41 Å². The first kappa shape index (κ1) is 32.2. The van der Waals surface area contributed by atoms with Crippen LogP contribution in [0.2, 0.25) is 0 Å². The summed E-state index contributed by atoms with van der Waals surface area (Å²) in [6.45, 7) is 5.66. The molecule has 1 aliphatic heterocycles. The van der Waals surface area contributed by atoms with E-state index in [4.69, 9.17) is 33.2 Å². The Kier molecular flexibility index (Phi) is 10.4. The monoisotopic (exact) mass is 588 g/mol. The Labute approximate surface area is 246 Å². The highest BCUT2D eigenvalue weighted by atomic mass is 16.5. The molecule has 230 valence electrons. The highest BCUT2D eigenvalue weighted by molar-refractivity contribution is 5.97. The van der Waals surface area contributed by atoms with Crippen LogP contribution < -0.4 is 28.4 Å². The Balaban J connectivity index is 1.95. The molecule has 1 heterocycles. The molecule has 1 unspecified atom stereocenters. The molecule has 0 aliphatic carbocycles. The molecule has 42 heavy (non-hydrogen) atoms. The zero-order valence-electron chi connectivity index (χ0n) is 25.7. The molecule has 1 fully saturated rings. The van der Waals surface area contributed by atoms with Crippen LogP contribution >= 0.6 is 0 Å². The molecule has 2 amide bonds. The van der Waals surface area contributed by atoms with Crippen LogP contribution in [0.3, 0.4) is 0 Å². The number of amides is 2. The number of nitrogens with zero attached hydrogens (tertiary/aromatic N) is 2. The maximum Gasteiger partial charge on any atom is 0.311 e. The van der Waals surface area contributed by atoms with Crippen molar-refractivity contribution in [2.75, 3.05) is 68.9 Å². The van der Waals surface area contributed by atoms with E-state index in [1.165, 1.54) is 42.7 Å². The number of piperazine rings is 1. The molecule has 2 aromatic rings. The van der Waals surface area contributed by atoms with Crippen molar-refractivity contribution in [3.63, 3.8) is 0 Å².